The Hall–Kier alpha value is -1.93. The predicted molar refractivity (Wildman–Crippen MR) is 83.4 cm³/mol. The van der Waals surface area contributed by atoms with Crippen molar-refractivity contribution in [1.82, 2.24) is 9.80 Å². The van der Waals surface area contributed by atoms with Gasteiger partial charge in [0, 0.05) is 19.0 Å². The summed E-state index contributed by atoms with van der Waals surface area (Å²) in [6.07, 6.45) is -0.136. The first-order valence-electron chi connectivity index (χ1n) is 8.23. The van der Waals surface area contributed by atoms with Gasteiger partial charge in [-0.25, -0.2) is 4.79 Å². The van der Waals surface area contributed by atoms with Crippen LogP contribution in [-0.4, -0.2) is 69.6 Å². The van der Waals surface area contributed by atoms with Gasteiger partial charge in [-0.15, -0.1) is 0 Å². The fourth-order valence-electron chi connectivity index (χ4n) is 4.30. The Morgan fingerprint density at radius 2 is 2.08 bits per heavy atom. The molecule has 3 aliphatic heterocycles. The molecule has 0 spiro atoms. The quantitative estimate of drug-likeness (QED) is 0.552. The number of aliphatic hydroxyl groups excluding tert-OH is 1. The molecule has 2 saturated heterocycles. The van der Waals surface area contributed by atoms with E-state index in [0.29, 0.717) is 31.6 Å². The van der Waals surface area contributed by atoms with Crippen molar-refractivity contribution in [2.45, 2.75) is 32.4 Å². The van der Waals surface area contributed by atoms with Crippen molar-refractivity contribution < 1.29 is 24.6 Å². The molecule has 132 valence electrons. The maximum atomic E-state index is 12.3. The van der Waals surface area contributed by atoms with E-state index in [0.717, 1.165) is 0 Å². The first-order chi connectivity index (χ1) is 11.2. The first kappa shape index (κ1) is 16.9. The lowest BCUT2D eigenvalue weighted by molar-refractivity contribution is -0.163. The minimum absolute atomic E-state index is 0.0388. The van der Waals surface area contributed by atoms with Crippen LogP contribution in [-0.2, 0) is 14.4 Å². The minimum atomic E-state index is -1.12. The molecule has 0 saturated carbocycles. The number of hydrogen-bond donors (Lipinski definition) is 3. The van der Waals surface area contributed by atoms with Gasteiger partial charge < -0.3 is 20.8 Å². The Bertz CT molecular complexity index is 629. The molecule has 3 rings (SSSR count). The summed E-state index contributed by atoms with van der Waals surface area (Å²) in [6.45, 7) is 5.04. The van der Waals surface area contributed by atoms with Gasteiger partial charge in [0.15, 0.2) is 0 Å². The average molecular weight is 337 g/mol. The van der Waals surface area contributed by atoms with Crippen LogP contribution in [0.5, 0.6) is 0 Å². The fourth-order valence-corrected chi connectivity index (χ4v) is 4.30. The summed E-state index contributed by atoms with van der Waals surface area (Å²) in [7, 11) is 0. The smallest absolute Gasteiger partial charge is 0.352 e. The van der Waals surface area contributed by atoms with Crippen molar-refractivity contribution in [2.24, 2.45) is 23.5 Å². The topological polar surface area (TPSA) is 124 Å². The molecule has 0 aromatic rings. The number of fused-ring (bicyclic) bond motifs is 1. The van der Waals surface area contributed by atoms with Gasteiger partial charge in [-0.05, 0) is 25.5 Å². The molecule has 0 unspecified atom stereocenters. The molecule has 0 aromatic carbocycles. The van der Waals surface area contributed by atoms with Crippen LogP contribution in [0.1, 0.15) is 20.3 Å². The number of β-lactam (4-membered cyclic amide) rings is 1. The molecule has 2 fully saturated rings. The molecule has 4 N–H and O–H groups in total. The van der Waals surface area contributed by atoms with Gasteiger partial charge in [0.05, 0.1) is 24.0 Å². The summed E-state index contributed by atoms with van der Waals surface area (Å²) in [6, 6.07) is -0.298. The van der Waals surface area contributed by atoms with Crippen LogP contribution in [0.4, 0.5) is 0 Å². The second-order valence-corrected chi connectivity index (χ2v) is 7.06. The average Bonchev–Trinajstić information content (AvgIpc) is 3.03. The van der Waals surface area contributed by atoms with Gasteiger partial charge in [0.25, 0.3) is 0 Å². The SMILES string of the molecule is C[C@@H](O)[C@H]1C(=O)N2C(C(=O)O)=C(CN3CC[C@H](C(N)=O)C3)[C@H](C)[C@H]12. The number of carboxylic acids is 1. The first-order valence-corrected chi connectivity index (χ1v) is 8.23. The Labute approximate surface area is 139 Å². The van der Waals surface area contributed by atoms with E-state index in [1.807, 2.05) is 11.8 Å². The highest BCUT2D eigenvalue weighted by atomic mass is 16.4. The van der Waals surface area contributed by atoms with Gasteiger partial charge in [0.2, 0.25) is 11.8 Å². The molecule has 3 aliphatic rings. The maximum Gasteiger partial charge on any atom is 0.352 e. The second-order valence-electron chi connectivity index (χ2n) is 7.06. The maximum absolute atomic E-state index is 12.3. The number of carboxylic acid groups (broad SMARTS) is 1. The lowest BCUT2D eigenvalue weighted by atomic mass is 9.77. The van der Waals surface area contributed by atoms with E-state index in [2.05, 4.69) is 0 Å². The monoisotopic (exact) mass is 337 g/mol. The molecule has 0 radical (unpaired) electrons. The molecule has 2 amide bonds. The summed E-state index contributed by atoms with van der Waals surface area (Å²) in [5.41, 5.74) is 6.07. The largest absolute Gasteiger partial charge is 0.477 e. The number of likely N-dealkylation sites (tertiary alicyclic amines) is 1. The van der Waals surface area contributed by atoms with Crippen molar-refractivity contribution in [3.8, 4) is 0 Å². The van der Waals surface area contributed by atoms with Crippen LogP contribution in [0.25, 0.3) is 0 Å². The third kappa shape index (κ3) is 2.41. The van der Waals surface area contributed by atoms with E-state index < -0.39 is 18.0 Å². The van der Waals surface area contributed by atoms with E-state index in [9.17, 15) is 24.6 Å². The number of amides is 2. The van der Waals surface area contributed by atoms with Gasteiger partial charge >= 0.3 is 5.97 Å². The number of aliphatic carboxylic acids is 1. The van der Waals surface area contributed by atoms with Crippen molar-refractivity contribution in [1.29, 1.82) is 0 Å². The summed E-state index contributed by atoms with van der Waals surface area (Å²) in [4.78, 5) is 38.6. The Balaban J connectivity index is 1.83. The molecule has 5 atom stereocenters. The zero-order chi connectivity index (χ0) is 17.8. The van der Waals surface area contributed by atoms with Gasteiger partial charge in [-0.3, -0.25) is 14.5 Å². The molecule has 8 nitrogen and oxygen atoms in total. The van der Waals surface area contributed by atoms with Crippen LogP contribution in [0.2, 0.25) is 0 Å². The van der Waals surface area contributed by atoms with E-state index in [1.54, 1.807) is 6.92 Å². The Morgan fingerprint density at radius 3 is 2.58 bits per heavy atom. The van der Waals surface area contributed by atoms with Crippen molar-refractivity contribution >= 4 is 17.8 Å². The van der Waals surface area contributed by atoms with Gasteiger partial charge in [0.1, 0.15) is 5.70 Å². The highest BCUT2D eigenvalue weighted by molar-refractivity contribution is 6.00. The van der Waals surface area contributed by atoms with Gasteiger partial charge in [-0.1, -0.05) is 6.92 Å². The van der Waals surface area contributed by atoms with Crippen molar-refractivity contribution in [2.75, 3.05) is 19.6 Å². The summed E-state index contributed by atoms with van der Waals surface area (Å²) < 4.78 is 0. The van der Waals surface area contributed by atoms with Crippen LogP contribution in [0, 0.1) is 17.8 Å². The molecular weight excluding hydrogens is 314 g/mol. The number of nitrogens with zero attached hydrogens (tertiary/aromatic N) is 2. The number of rotatable bonds is 5. The molecular formula is C16H23N3O5. The summed E-state index contributed by atoms with van der Waals surface area (Å²) in [5, 5.41) is 19.4. The number of nitrogens with two attached hydrogens (primary N) is 1. The van der Waals surface area contributed by atoms with Crippen LogP contribution in [0.15, 0.2) is 11.3 Å². The number of carbonyl (C=O) groups excluding carboxylic acids is 2. The molecule has 0 aromatic heterocycles. The molecule has 8 heteroatoms. The van der Waals surface area contributed by atoms with Gasteiger partial charge in [-0.2, -0.15) is 0 Å². The van der Waals surface area contributed by atoms with Crippen LogP contribution < -0.4 is 5.73 Å². The zero-order valence-electron chi connectivity index (χ0n) is 13.8. The van der Waals surface area contributed by atoms with E-state index in [-0.39, 0.29) is 35.4 Å². The normalized spacial score (nSPS) is 34.3. The van der Waals surface area contributed by atoms with Crippen LogP contribution in [0.3, 0.4) is 0 Å². The second kappa shape index (κ2) is 5.86. The zero-order valence-corrected chi connectivity index (χ0v) is 13.8. The van der Waals surface area contributed by atoms with E-state index in [4.69, 9.17) is 5.73 Å². The van der Waals surface area contributed by atoms with E-state index in [1.165, 1.54) is 4.90 Å². The lowest BCUT2D eigenvalue weighted by Gasteiger charge is -2.46. The highest BCUT2D eigenvalue weighted by Gasteiger charge is 2.59. The van der Waals surface area contributed by atoms with Crippen LogP contribution >= 0.6 is 0 Å². The standard InChI is InChI=1S/C16H23N3O5/c1-7-10(6-18-4-3-9(5-18)14(17)21)13(16(23)24)19-12(7)11(8(2)20)15(19)22/h7-9,11-12,20H,3-6H2,1-2H3,(H2,17,21)(H,23,24)/t7-,8+,9-,11+,12+/m0/s1. The van der Waals surface area contributed by atoms with Crippen molar-refractivity contribution in [3.63, 3.8) is 0 Å². The minimum Gasteiger partial charge on any atom is -0.477 e. The number of aliphatic hydroxyl groups is 1. The third-order valence-electron chi connectivity index (χ3n) is 5.59. The predicted octanol–water partition coefficient (Wildman–Crippen LogP) is -1.01. The van der Waals surface area contributed by atoms with Crippen molar-refractivity contribution in [3.05, 3.63) is 11.3 Å². The number of primary amides is 1. The third-order valence-corrected chi connectivity index (χ3v) is 5.59. The summed E-state index contributed by atoms with van der Waals surface area (Å²) in [5.74, 6) is -2.69. The molecule has 3 heterocycles. The molecule has 0 aliphatic carbocycles. The number of carbonyl (C=O) groups is 3. The lowest BCUT2D eigenvalue weighted by Crippen LogP contribution is -2.63. The highest BCUT2D eigenvalue weighted by Crippen LogP contribution is 2.47. The van der Waals surface area contributed by atoms with E-state index >= 15 is 0 Å². The number of hydrogen-bond acceptors (Lipinski definition) is 5. The Kier molecular flexibility index (Phi) is 4.13. The Morgan fingerprint density at radius 1 is 1.42 bits per heavy atom. The summed E-state index contributed by atoms with van der Waals surface area (Å²) >= 11 is 0. The molecule has 0 bridgehead atoms. The fraction of sp³-hybridized carbons (Fsp3) is 0.688. The molecule has 24 heavy (non-hydrogen) atoms.